The zero-order valence-electron chi connectivity index (χ0n) is 15.6. The van der Waals surface area contributed by atoms with Gasteiger partial charge in [0.25, 0.3) is 0 Å². The third-order valence-electron chi connectivity index (χ3n) is 5.76. The van der Waals surface area contributed by atoms with Crippen LogP contribution in [0.4, 0.5) is 5.82 Å². The van der Waals surface area contributed by atoms with Crippen LogP contribution in [0.3, 0.4) is 0 Å². The van der Waals surface area contributed by atoms with Crippen LogP contribution in [0.15, 0.2) is 24.5 Å². The summed E-state index contributed by atoms with van der Waals surface area (Å²) in [5, 5.41) is 13.6. The summed E-state index contributed by atoms with van der Waals surface area (Å²) < 4.78 is 1.96. The SMILES string of the molecule is Cc1nccnc1CN1CCC(c2nnc3ccc(N4CCC4)nn23)CC1. The molecule has 2 aliphatic rings. The minimum atomic E-state index is 0.401. The first-order valence-electron chi connectivity index (χ1n) is 9.74. The quantitative estimate of drug-likeness (QED) is 0.699. The normalized spacial score (nSPS) is 18.8. The molecule has 3 aromatic heterocycles. The molecule has 2 saturated heterocycles. The largest absolute Gasteiger partial charge is 0.355 e. The lowest BCUT2D eigenvalue weighted by molar-refractivity contribution is 0.198. The highest BCUT2D eigenvalue weighted by Crippen LogP contribution is 2.28. The fourth-order valence-electron chi connectivity index (χ4n) is 3.92. The van der Waals surface area contributed by atoms with Crippen molar-refractivity contribution in [3.05, 3.63) is 41.7 Å². The van der Waals surface area contributed by atoms with Crippen LogP contribution in [0.25, 0.3) is 5.65 Å². The number of likely N-dealkylation sites (tertiary alicyclic amines) is 1. The summed E-state index contributed by atoms with van der Waals surface area (Å²) in [6.07, 6.45) is 6.91. The van der Waals surface area contributed by atoms with Crippen molar-refractivity contribution in [3.63, 3.8) is 0 Å². The summed E-state index contributed by atoms with van der Waals surface area (Å²) in [6, 6.07) is 4.09. The number of hydrogen-bond acceptors (Lipinski definition) is 7. The molecule has 5 rings (SSSR count). The molecule has 0 radical (unpaired) electrons. The molecule has 8 nitrogen and oxygen atoms in total. The van der Waals surface area contributed by atoms with Crippen LogP contribution in [0.2, 0.25) is 0 Å². The molecule has 0 aromatic carbocycles. The lowest BCUT2D eigenvalue weighted by Gasteiger charge is -2.32. The molecule has 0 spiro atoms. The summed E-state index contributed by atoms with van der Waals surface area (Å²) in [5.74, 6) is 2.44. The van der Waals surface area contributed by atoms with E-state index in [9.17, 15) is 0 Å². The van der Waals surface area contributed by atoms with Gasteiger partial charge in [0.1, 0.15) is 5.82 Å². The highest BCUT2D eigenvalue weighted by atomic mass is 15.4. The third-order valence-corrected chi connectivity index (χ3v) is 5.76. The first-order valence-corrected chi connectivity index (χ1v) is 9.74. The molecular formula is C19H24N8. The van der Waals surface area contributed by atoms with Crippen LogP contribution in [-0.2, 0) is 6.54 Å². The van der Waals surface area contributed by atoms with E-state index in [2.05, 4.69) is 36.0 Å². The molecule has 0 unspecified atom stereocenters. The van der Waals surface area contributed by atoms with Gasteiger partial charge < -0.3 is 4.90 Å². The van der Waals surface area contributed by atoms with E-state index in [0.29, 0.717) is 5.92 Å². The average Bonchev–Trinajstić information content (AvgIpc) is 3.06. The van der Waals surface area contributed by atoms with Gasteiger partial charge in [0.15, 0.2) is 11.5 Å². The van der Waals surface area contributed by atoms with E-state index in [1.54, 1.807) is 12.4 Å². The Bertz CT molecular complexity index is 940. The molecular weight excluding hydrogens is 340 g/mol. The Labute approximate surface area is 158 Å². The lowest BCUT2D eigenvalue weighted by atomic mass is 9.96. The van der Waals surface area contributed by atoms with Crippen molar-refractivity contribution in [1.29, 1.82) is 0 Å². The number of aromatic nitrogens is 6. The average molecular weight is 364 g/mol. The molecule has 0 bridgehead atoms. The smallest absolute Gasteiger partial charge is 0.178 e. The van der Waals surface area contributed by atoms with Gasteiger partial charge in [-0.15, -0.1) is 15.3 Å². The Morgan fingerprint density at radius 1 is 1.00 bits per heavy atom. The number of nitrogens with zero attached hydrogens (tertiary/aromatic N) is 8. The Morgan fingerprint density at radius 2 is 1.81 bits per heavy atom. The Kier molecular flexibility index (Phi) is 4.20. The van der Waals surface area contributed by atoms with Crippen molar-refractivity contribution >= 4 is 11.5 Å². The molecule has 2 aliphatic heterocycles. The maximum absolute atomic E-state index is 4.82. The van der Waals surface area contributed by atoms with Crippen molar-refractivity contribution in [3.8, 4) is 0 Å². The van der Waals surface area contributed by atoms with Crippen LogP contribution < -0.4 is 4.90 Å². The zero-order valence-corrected chi connectivity index (χ0v) is 15.6. The molecule has 0 aliphatic carbocycles. The molecule has 5 heterocycles. The minimum Gasteiger partial charge on any atom is -0.355 e. The minimum absolute atomic E-state index is 0.401. The van der Waals surface area contributed by atoms with Gasteiger partial charge >= 0.3 is 0 Å². The first-order chi connectivity index (χ1) is 13.3. The number of rotatable bonds is 4. The summed E-state index contributed by atoms with van der Waals surface area (Å²) in [7, 11) is 0. The number of piperidine rings is 1. The molecule has 3 aromatic rings. The van der Waals surface area contributed by atoms with Crippen LogP contribution >= 0.6 is 0 Å². The molecule has 27 heavy (non-hydrogen) atoms. The molecule has 140 valence electrons. The molecule has 8 heteroatoms. The van der Waals surface area contributed by atoms with Gasteiger partial charge in [-0.1, -0.05) is 0 Å². The maximum Gasteiger partial charge on any atom is 0.178 e. The van der Waals surface area contributed by atoms with E-state index in [4.69, 9.17) is 5.10 Å². The van der Waals surface area contributed by atoms with Crippen LogP contribution in [0.5, 0.6) is 0 Å². The number of hydrogen-bond donors (Lipinski definition) is 0. The molecule has 0 saturated carbocycles. The van der Waals surface area contributed by atoms with E-state index < -0.39 is 0 Å². The van der Waals surface area contributed by atoms with Gasteiger partial charge in [0, 0.05) is 37.9 Å². The van der Waals surface area contributed by atoms with E-state index in [1.165, 1.54) is 6.42 Å². The molecule has 2 fully saturated rings. The van der Waals surface area contributed by atoms with Crippen molar-refractivity contribution in [2.24, 2.45) is 0 Å². The fourth-order valence-corrected chi connectivity index (χ4v) is 3.92. The topological polar surface area (TPSA) is 75.3 Å². The molecule has 0 N–H and O–H groups in total. The zero-order chi connectivity index (χ0) is 18.2. The van der Waals surface area contributed by atoms with Gasteiger partial charge in [0.2, 0.25) is 0 Å². The number of aryl methyl sites for hydroxylation is 1. The fraction of sp³-hybridized carbons (Fsp3) is 0.526. The third kappa shape index (κ3) is 3.14. The van der Waals surface area contributed by atoms with Crippen LogP contribution in [0.1, 0.15) is 42.4 Å². The monoisotopic (exact) mass is 364 g/mol. The van der Waals surface area contributed by atoms with Crippen molar-refractivity contribution in [2.75, 3.05) is 31.1 Å². The van der Waals surface area contributed by atoms with Gasteiger partial charge in [-0.3, -0.25) is 14.9 Å². The first kappa shape index (κ1) is 16.6. The van der Waals surface area contributed by atoms with E-state index in [1.807, 2.05) is 17.5 Å². The Hall–Kier alpha value is -2.61. The summed E-state index contributed by atoms with van der Waals surface area (Å²) in [4.78, 5) is 13.6. The van der Waals surface area contributed by atoms with Crippen LogP contribution in [0, 0.1) is 6.92 Å². The second kappa shape index (κ2) is 6.84. The second-order valence-electron chi connectivity index (χ2n) is 7.50. The molecule has 0 amide bonds. The van der Waals surface area contributed by atoms with E-state index >= 15 is 0 Å². The van der Waals surface area contributed by atoms with Crippen molar-refractivity contribution < 1.29 is 0 Å². The van der Waals surface area contributed by atoms with E-state index in [-0.39, 0.29) is 0 Å². The Morgan fingerprint density at radius 3 is 2.56 bits per heavy atom. The number of anilines is 1. The van der Waals surface area contributed by atoms with Gasteiger partial charge in [-0.2, -0.15) is 4.52 Å². The highest BCUT2D eigenvalue weighted by Gasteiger charge is 2.26. The summed E-state index contributed by atoms with van der Waals surface area (Å²) in [6.45, 7) is 7.14. The predicted octanol–water partition coefficient (Wildman–Crippen LogP) is 1.81. The maximum atomic E-state index is 4.82. The summed E-state index contributed by atoms with van der Waals surface area (Å²) in [5.41, 5.74) is 2.93. The second-order valence-corrected chi connectivity index (χ2v) is 7.50. The van der Waals surface area contributed by atoms with Gasteiger partial charge in [-0.25, -0.2) is 0 Å². The highest BCUT2D eigenvalue weighted by molar-refractivity contribution is 5.47. The van der Waals surface area contributed by atoms with Gasteiger partial charge in [0.05, 0.1) is 11.4 Å². The Balaban J connectivity index is 1.30. The standard InChI is InChI=1S/C19H24N8/c1-14-16(21-8-7-20-14)13-25-11-5-15(6-12-25)19-23-22-17-3-4-18(24-27(17)19)26-9-2-10-26/h3-4,7-8,15H,2,5-6,9-13H2,1H3. The van der Waals surface area contributed by atoms with Crippen LogP contribution in [-0.4, -0.2) is 60.9 Å². The summed E-state index contributed by atoms with van der Waals surface area (Å²) >= 11 is 0. The van der Waals surface area contributed by atoms with E-state index in [0.717, 1.165) is 74.2 Å². The van der Waals surface area contributed by atoms with Crippen molar-refractivity contribution in [1.82, 2.24) is 34.7 Å². The predicted molar refractivity (Wildman–Crippen MR) is 102 cm³/mol. The van der Waals surface area contributed by atoms with Gasteiger partial charge in [-0.05, 0) is 51.4 Å². The lowest BCUT2D eigenvalue weighted by Crippen LogP contribution is -2.38. The number of fused-ring (bicyclic) bond motifs is 1. The van der Waals surface area contributed by atoms with Crippen molar-refractivity contribution in [2.45, 2.75) is 38.6 Å². The molecule has 0 atom stereocenters.